The number of halogens is 2. The van der Waals surface area contributed by atoms with Crippen molar-refractivity contribution in [3.63, 3.8) is 0 Å². The molecule has 0 aliphatic heterocycles. The maximum Gasteiger partial charge on any atom is 0.264 e. The molecule has 156 valence electrons. The van der Waals surface area contributed by atoms with Crippen LogP contribution in [0.2, 0.25) is 5.02 Å². The van der Waals surface area contributed by atoms with Crippen LogP contribution in [0.1, 0.15) is 11.1 Å². The van der Waals surface area contributed by atoms with Crippen LogP contribution in [0.3, 0.4) is 0 Å². The SMILES string of the molecule is Cc1ccc(S(=O)(=O)N(CC(=O)Nc2ccccc2Br)c2ccc(C)c(Cl)c2)cc1. The van der Waals surface area contributed by atoms with Gasteiger partial charge in [0, 0.05) is 9.50 Å². The number of benzene rings is 3. The van der Waals surface area contributed by atoms with Crippen LogP contribution >= 0.6 is 27.5 Å². The van der Waals surface area contributed by atoms with Gasteiger partial charge in [-0.3, -0.25) is 9.10 Å². The Bertz CT molecular complexity index is 1180. The van der Waals surface area contributed by atoms with Gasteiger partial charge in [-0.1, -0.05) is 47.5 Å². The number of para-hydroxylation sites is 1. The maximum atomic E-state index is 13.4. The van der Waals surface area contributed by atoms with Crippen molar-refractivity contribution in [3.8, 4) is 0 Å². The summed E-state index contributed by atoms with van der Waals surface area (Å²) in [6, 6.07) is 18.5. The molecule has 0 fully saturated rings. The first kappa shape index (κ1) is 22.3. The van der Waals surface area contributed by atoms with E-state index in [1.807, 2.05) is 19.9 Å². The third-order valence-electron chi connectivity index (χ3n) is 4.49. The van der Waals surface area contributed by atoms with Gasteiger partial charge in [0.25, 0.3) is 10.0 Å². The molecule has 0 spiro atoms. The van der Waals surface area contributed by atoms with Crippen molar-refractivity contribution >= 4 is 54.8 Å². The Morgan fingerprint density at radius 2 is 1.70 bits per heavy atom. The Balaban J connectivity index is 1.99. The molecule has 0 heterocycles. The number of amides is 1. The molecule has 1 amide bonds. The van der Waals surface area contributed by atoms with Crippen LogP contribution < -0.4 is 9.62 Å². The third kappa shape index (κ3) is 5.03. The lowest BCUT2D eigenvalue weighted by molar-refractivity contribution is -0.114. The van der Waals surface area contributed by atoms with Crippen LogP contribution in [0.4, 0.5) is 11.4 Å². The lowest BCUT2D eigenvalue weighted by Crippen LogP contribution is -2.38. The van der Waals surface area contributed by atoms with Crippen molar-refractivity contribution < 1.29 is 13.2 Å². The lowest BCUT2D eigenvalue weighted by atomic mass is 10.2. The van der Waals surface area contributed by atoms with Gasteiger partial charge in [-0.15, -0.1) is 0 Å². The number of carbonyl (C=O) groups excluding carboxylic acids is 1. The first-order valence-corrected chi connectivity index (χ1v) is 11.7. The van der Waals surface area contributed by atoms with E-state index in [4.69, 9.17) is 11.6 Å². The zero-order valence-electron chi connectivity index (χ0n) is 16.4. The second-order valence-electron chi connectivity index (χ2n) is 6.79. The minimum absolute atomic E-state index is 0.0958. The number of nitrogens with one attached hydrogen (secondary N) is 1. The second kappa shape index (κ2) is 9.20. The van der Waals surface area contributed by atoms with Gasteiger partial charge in [-0.2, -0.15) is 0 Å². The molecule has 0 unspecified atom stereocenters. The summed E-state index contributed by atoms with van der Waals surface area (Å²) in [7, 11) is -4.00. The summed E-state index contributed by atoms with van der Waals surface area (Å²) in [6.45, 7) is 3.29. The van der Waals surface area contributed by atoms with Crippen molar-refractivity contribution in [1.82, 2.24) is 0 Å². The summed E-state index contributed by atoms with van der Waals surface area (Å²) in [5.41, 5.74) is 2.61. The van der Waals surface area contributed by atoms with Crippen molar-refractivity contribution in [3.05, 3.63) is 87.4 Å². The molecule has 8 heteroatoms. The number of aryl methyl sites for hydroxylation is 2. The lowest BCUT2D eigenvalue weighted by Gasteiger charge is -2.24. The average molecular weight is 508 g/mol. The smallest absolute Gasteiger partial charge is 0.264 e. The molecule has 0 radical (unpaired) electrons. The molecule has 30 heavy (non-hydrogen) atoms. The molecular weight excluding hydrogens is 488 g/mol. The predicted molar refractivity (Wildman–Crippen MR) is 125 cm³/mol. The van der Waals surface area contributed by atoms with E-state index in [0.717, 1.165) is 15.4 Å². The minimum atomic E-state index is -4.00. The number of sulfonamides is 1. The predicted octanol–water partition coefficient (Wildman–Crippen LogP) is 5.55. The molecular formula is C22H20BrClN2O3S. The van der Waals surface area contributed by atoms with Crippen molar-refractivity contribution in [2.75, 3.05) is 16.2 Å². The van der Waals surface area contributed by atoms with Crippen LogP contribution in [-0.2, 0) is 14.8 Å². The van der Waals surface area contributed by atoms with Gasteiger partial charge in [0.2, 0.25) is 5.91 Å². The Morgan fingerprint density at radius 3 is 2.33 bits per heavy atom. The Hall–Kier alpha value is -2.35. The van der Waals surface area contributed by atoms with Crippen molar-refractivity contribution in [2.45, 2.75) is 18.7 Å². The van der Waals surface area contributed by atoms with Crippen LogP contribution in [-0.4, -0.2) is 20.9 Å². The number of rotatable bonds is 6. The molecule has 0 aromatic heterocycles. The number of hydrogen-bond donors (Lipinski definition) is 1. The fourth-order valence-electron chi connectivity index (χ4n) is 2.77. The summed E-state index contributed by atoms with van der Waals surface area (Å²) in [6.07, 6.45) is 0. The summed E-state index contributed by atoms with van der Waals surface area (Å²) >= 11 is 9.61. The molecule has 0 aliphatic carbocycles. The fourth-order valence-corrected chi connectivity index (χ4v) is 4.74. The first-order valence-electron chi connectivity index (χ1n) is 9.08. The summed E-state index contributed by atoms with van der Waals surface area (Å²) in [4.78, 5) is 12.9. The minimum Gasteiger partial charge on any atom is -0.323 e. The molecule has 3 rings (SSSR count). The molecule has 0 saturated heterocycles. The van der Waals surface area contributed by atoms with Crippen LogP contribution in [0.15, 0.2) is 76.1 Å². The standard InChI is InChI=1S/C22H20BrClN2O3S/c1-15-7-11-18(12-8-15)30(28,29)26(17-10-9-16(2)20(24)13-17)14-22(27)25-21-6-4-3-5-19(21)23/h3-13H,14H2,1-2H3,(H,25,27). The van der Waals surface area contributed by atoms with Gasteiger partial charge < -0.3 is 5.32 Å². The highest BCUT2D eigenvalue weighted by atomic mass is 79.9. The highest BCUT2D eigenvalue weighted by molar-refractivity contribution is 9.10. The Morgan fingerprint density at radius 1 is 1.03 bits per heavy atom. The quantitative estimate of drug-likeness (QED) is 0.475. The molecule has 3 aromatic carbocycles. The number of nitrogens with zero attached hydrogens (tertiary/aromatic N) is 1. The van der Waals surface area contributed by atoms with Gasteiger partial charge in [0.15, 0.2) is 0 Å². The number of carbonyl (C=O) groups is 1. The number of anilines is 2. The van der Waals surface area contributed by atoms with E-state index in [9.17, 15) is 13.2 Å². The molecule has 0 atom stereocenters. The Kier molecular flexibility index (Phi) is 6.85. The van der Waals surface area contributed by atoms with E-state index >= 15 is 0 Å². The van der Waals surface area contributed by atoms with Crippen LogP contribution in [0.25, 0.3) is 0 Å². The van der Waals surface area contributed by atoms with E-state index in [1.54, 1.807) is 48.5 Å². The average Bonchev–Trinajstić information content (AvgIpc) is 2.70. The van der Waals surface area contributed by atoms with E-state index in [0.29, 0.717) is 20.9 Å². The largest absolute Gasteiger partial charge is 0.323 e. The Labute approximate surface area is 189 Å². The normalized spacial score (nSPS) is 11.2. The molecule has 0 bridgehead atoms. The molecule has 1 N–H and O–H groups in total. The highest BCUT2D eigenvalue weighted by Crippen LogP contribution is 2.28. The van der Waals surface area contributed by atoms with Gasteiger partial charge in [0.05, 0.1) is 16.3 Å². The number of hydrogen-bond acceptors (Lipinski definition) is 3. The molecule has 3 aromatic rings. The van der Waals surface area contributed by atoms with Gasteiger partial charge in [-0.05, 0) is 71.7 Å². The first-order chi connectivity index (χ1) is 14.2. The summed E-state index contributed by atoms with van der Waals surface area (Å²) < 4.78 is 28.5. The van der Waals surface area contributed by atoms with Crippen molar-refractivity contribution in [1.29, 1.82) is 0 Å². The fraction of sp³-hybridized carbons (Fsp3) is 0.136. The van der Waals surface area contributed by atoms with E-state index < -0.39 is 22.5 Å². The molecule has 0 saturated carbocycles. The van der Waals surface area contributed by atoms with Gasteiger partial charge >= 0.3 is 0 Å². The van der Waals surface area contributed by atoms with E-state index in [-0.39, 0.29) is 4.90 Å². The zero-order valence-corrected chi connectivity index (χ0v) is 19.6. The molecule has 0 aliphatic rings. The van der Waals surface area contributed by atoms with E-state index in [2.05, 4.69) is 21.2 Å². The second-order valence-corrected chi connectivity index (χ2v) is 9.91. The third-order valence-corrected chi connectivity index (χ3v) is 7.37. The summed E-state index contributed by atoms with van der Waals surface area (Å²) in [5, 5.41) is 3.16. The van der Waals surface area contributed by atoms with Crippen LogP contribution in [0, 0.1) is 13.8 Å². The monoisotopic (exact) mass is 506 g/mol. The van der Waals surface area contributed by atoms with Gasteiger partial charge in [-0.25, -0.2) is 8.42 Å². The maximum absolute atomic E-state index is 13.4. The van der Waals surface area contributed by atoms with E-state index in [1.165, 1.54) is 12.1 Å². The zero-order chi connectivity index (χ0) is 21.9. The molecule has 5 nitrogen and oxygen atoms in total. The summed E-state index contributed by atoms with van der Waals surface area (Å²) in [5.74, 6) is -0.478. The van der Waals surface area contributed by atoms with Crippen molar-refractivity contribution in [2.24, 2.45) is 0 Å². The van der Waals surface area contributed by atoms with Gasteiger partial charge in [0.1, 0.15) is 6.54 Å². The highest BCUT2D eigenvalue weighted by Gasteiger charge is 2.27. The van der Waals surface area contributed by atoms with Crippen LogP contribution in [0.5, 0.6) is 0 Å². The topological polar surface area (TPSA) is 66.5 Å².